The van der Waals surface area contributed by atoms with Crippen molar-refractivity contribution in [3.8, 4) is 0 Å². The Hall–Kier alpha value is -1.10. The summed E-state index contributed by atoms with van der Waals surface area (Å²) in [5.74, 6) is 1.50. The summed E-state index contributed by atoms with van der Waals surface area (Å²) in [4.78, 5) is 25.2. The van der Waals surface area contributed by atoms with Crippen molar-refractivity contribution in [1.82, 2.24) is 10.2 Å². The van der Waals surface area contributed by atoms with Crippen LogP contribution in [0.5, 0.6) is 0 Å². The van der Waals surface area contributed by atoms with Crippen molar-refractivity contribution >= 4 is 11.8 Å². The van der Waals surface area contributed by atoms with Crippen molar-refractivity contribution in [3.05, 3.63) is 0 Å². The Balaban J connectivity index is 1.69. The molecule has 2 amide bonds. The zero-order valence-electron chi connectivity index (χ0n) is 12.4. The number of nitrogens with two attached hydrogens (primary N) is 1. The normalized spacial score (nSPS) is 31.2. The molecule has 1 atom stereocenters. The van der Waals surface area contributed by atoms with Crippen LogP contribution in [0.25, 0.3) is 0 Å². The zero-order chi connectivity index (χ0) is 14.5. The van der Waals surface area contributed by atoms with E-state index in [0.29, 0.717) is 31.2 Å². The number of rotatable bonds is 4. The average molecular weight is 281 g/mol. The molecule has 2 rings (SSSR count). The van der Waals surface area contributed by atoms with Crippen molar-refractivity contribution in [2.45, 2.75) is 51.0 Å². The standard InChI is InChI=1S/C15H27N3O2/c1-18-10-13(6-7-15(18)20)17-14(19)8-11-2-4-12(9-16)5-3-11/h11-13H,2-10,16H2,1H3,(H,17,19). The molecule has 20 heavy (non-hydrogen) atoms. The van der Waals surface area contributed by atoms with Gasteiger partial charge in [0.05, 0.1) is 0 Å². The molecule has 5 heteroatoms. The summed E-state index contributed by atoms with van der Waals surface area (Å²) in [5, 5.41) is 3.08. The Morgan fingerprint density at radius 1 is 1.25 bits per heavy atom. The summed E-state index contributed by atoms with van der Waals surface area (Å²) in [6.45, 7) is 1.42. The summed E-state index contributed by atoms with van der Waals surface area (Å²) in [5.41, 5.74) is 5.69. The van der Waals surface area contributed by atoms with E-state index in [1.807, 2.05) is 0 Å². The molecule has 0 radical (unpaired) electrons. The molecular weight excluding hydrogens is 254 g/mol. The monoisotopic (exact) mass is 281 g/mol. The first-order chi connectivity index (χ1) is 9.58. The number of likely N-dealkylation sites (N-methyl/N-ethyl adjacent to an activating group) is 1. The molecule has 2 aliphatic rings. The number of amides is 2. The van der Waals surface area contributed by atoms with Gasteiger partial charge in [-0.15, -0.1) is 0 Å². The second kappa shape index (κ2) is 7.07. The Morgan fingerprint density at radius 2 is 1.90 bits per heavy atom. The fraction of sp³-hybridized carbons (Fsp3) is 0.867. The Labute approximate surface area is 121 Å². The van der Waals surface area contributed by atoms with Gasteiger partial charge >= 0.3 is 0 Å². The van der Waals surface area contributed by atoms with Gasteiger partial charge in [0.15, 0.2) is 0 Å². The molecule has 0 aromatic heterocycles. The van der Waals surface area contributed by atoms with E-state index in [4.69, 9.17) is 5.73 Å². The lowest BCUT2D eigenvalue weighted by Crippen LogP contribution is -2.48. The molecule has 1 aliphatic carbocycles. The minimum atomic E-state index is 0.130. The smallest absolute Gasteiger partial charge is 0.222 e. The highest BCUT2D eigenvalue weighted by molar-refractivity contribution is 5.79. The van der Waals surface area contributed by atoms with Gasteiger partial charge in [0.2, 0.25) is 11.8 Å². The van der Waals surface area contributed by atoms with E-state index in [1.165, 1.54) is 0 Å². The van der Waals surface area contributed by atoms with Crippen LogP contribution in [-0.2, 0) is 9.59 Å². The summed E-state index contributed by atoms with van der Waals surface area (Å²) in [6.07, 6.45) is 6.52. The van der Waals surface area contributed by atoms with E-state index in [1.54, 1.807) is 11.9 Å². The van der Waals surface area contributed by atoms with Crippen LogP contribution in [-0.4, -0.2) is 42.9 Å². The number of nitrogens with zero attached hydrogens (tertiary/aromatic N) is 1. The number of carbonyl (C=O) groups is 2. The third-order valence-electron chi connectivity index (χ3n) is 4.77. The number of hydrogen-bond acceptors (Lipinski definition) is 3. The maximum absolute atomic E-state index is 12.1. The minimum absolute atomic E-state index is 0.130. The molecule has 0 aromatic carbocycles. The van der Waals surface area contributed by atoms with Gasteiger partial charge in [0.1, 0.15) is 0 Å². The Morgan fingerprint density at radius 3 is 2.50 bits per heavy atom. The maximum atomic E-state index is 12.1. The highest BCUT2D eigenvalue weighted by Crippen LogP contribution is 2.30. The molecule has 114 valence electrons. The van der Waals surface area contributed by atoms with Crippen molar-refractivity contribution in [2.75, 3.05) is 20.1 Å². The average Bonchev–Trinajstić information content (AvgIpc) is 2.44. The molecule has 1 saturated carbocycles. The van der Waals surface area contributed by atoms with Crippen molar-refractivity contribution in [2.24, 2.45) is 17.6 Å². The molecular formula is C15H27N3O2. The largest absolute Gasteiger partial charge is 0.352 e. The fourth-order valence-electron chi connectivity index (χ4n) is 3.35. The highest BCUT2D eigenvalue weighted by atomic mass is 16.2. The highest BCUT2D eigenvalue weighted by Gasteiger charge is 2.26. The second-order valence-corrected chi connectivity index (χ2v) is 6.40. The van der Waals surface area contributed by atoms with Crippen LogP contribution >= 0.6 is 0 Å². The van der Waals surface area contributed by atoms with E-state index >= 15 is 0 Å². The molecule has 1 unspecified atom stereocenters. The molecule has 1 saturated heterocycles. The quantitative estimate of drug-likeness (QED) is 0.803. The number of nitrogens with one attached hydrogen (secondary N) is 1. The maximum Gasteiger partial charge on any atom is 0.222 e. The van der Waals surface area contributed by atoms with E-state index in [-0.39, 0.29) is 17.9 Å². The van der Waals surface area contributed by atoms with E-state index < -0.39 is 0 Å². The first kappa shape index (κ1) is 15.3. The minimum Gasteiger partial charge on any atom is -0.352 e. The predicted octanol–water partition coefficient (Wildman–Crippen LogP) is 0.879. The third-order valence-corrected chi connectivity index (χ3v) is 4.77. The van der Waals surface area contributed by atoms with Gasteiger partial charge < -0.3 is 16.0 Å². The van der Waals surface area contributed by atoms with Crippen molar-refractivity contribution < 1.29 is 9.59 Å². The zero-order valence-corrected chi connectivity index (χ0v) is 12.4. The van der Waals surface area contributed by atoms with Gasteiger partial charge in [-0.05, 0) is 50.5 Å². The number of likely N-dealkylation sites (tertiary alicyclic amines) is 1. The van der Waals surface area contributed by atoms with Gasteiger partial charge in [0, 0.05) is 32.5 Å². The van der Waals surface area contributed by atoms with Crippen LogP contribution in [0.15, 0.2) is 0 Å². The van der Waals surface area contributed by atoms with Gasteiger partial charge in [0.25, 0.3) is 0 Å². The van der Waals surface area contributed by atoms with Gasteiger partial charge in [-0.25, -0.2) is 0 Å². The molecule has 1 heterocycles. The fourth-order valence-corrected chi connectivity index (χ4v) is 3.35. The predicted molar refractivity (Wildman–Crippen MR) is 77.9 cm³/mol. The summed E-state index contributed by atoms with van der Waals surface area (Å²) in [6, 6.07) is 0.130. The first-order valence-corrected chi connectivity index (χ1v) is 7.82. The van der Waals surface area contributed by atoms with Crippen LogP contribution in [0.2, 0.25) is 0 Å². The topological polar surface area (TPSA) is 75.4 Å². The van der Waals surface area contributed by atoms with E-state index in [2.05, 4.69) is 5.32 Å². The van der Waals surface area contributed by atoms with Crippen molar-refractivity contribution in [1.29, 1.82) is 0 Å². The molecule has 5 nitrogen and oxygen atoms in total. The molecule has 3 N–H and O–H groups in total. The lowest BCUT2D eigenvalue weighted by atomic mass is 9.80. The van der Waals surface area contributed by atoms with Crippen molar-refractivity contribution in [3.63, 3.8) is 0 Å². The number of piperidine rings is 1. The molecule has 0 bridgehead atoms. The summed E-state index contributed by atoms with van der Waals surface area (Å²) < 4.78 is 0. The third kappa shape index (κ3) is 4.20. The molecule has 1 aliphatic heterocycles. The van der Waals surface area contributed by atoms with Gasteiger partial charge in [-0.2, -0.15) is 0 Å². The van der Waals surface area contributed by atoms with Gasteiger partial charge in [-0.3, -0.25) is 9.59 Å². The molecule has 2 fully saturated rings. The lowest BCUT2D eigenvalue weighted by molar-refractivity contribution is -0.134. The summed E-state index contributed by atoms with van der Waals surface area (Å²) in [7, 11) is 1.80. The number of carbonyl (C=O) groups excluding carboxylic acids is 2. The van der Waals surface area contributed by atoms with Crippen LogP contribution in [0.1, 0.15) is 44.9 Å². The number of hydrogen-bond donors (Lipinski definition) is 2. The van der Waals surface area contributed by atoms with E-state index in [0.717, 1.165) is 38.6 Å². The second-order valence-electron chi connectivity index (χ2n) is 6.40. The van der Waals surface area contributed by atoms with E-state index in [9.17, 15) is 9.59 Å². The Kier molecular flexibility index (Phi) is 5.40. The first-order valence-electron chi connectivity index (χ1n) is 7.82. The van der Waals surface area contributed by atoms with Gasteiger partial charge in [-0.1, -0.05) is 0 Å². The lowest BCUT2D eigenvalue weighted by Gasteiger charge is -2.31. The SMILES string of the molecule is CN1CC(NC(=O)CC2CCC(CN)CC2)CCC1=O. The molecule has 0 aromatic rings. The Bertz CT molecular complexity index is 351. The van der Waals surface area contributed by atoms with Crippen LogP contribution in [0, 0.1) is 11.8 Å². The van der Waals surface area contributed by atoms with Crippen LogP contribution < -0.4 is 11.1 Å². The van der Waals surface area contributed by atoms with Crippen LogP contribution in [0.3, 0.4) is 0 Å². The molecule has 0 spiro atoms. The van der Waals surface area contributed by atoms with Crippen LogP contribution in [0.4, 0.5) is 0 Å². The summed E-state index contributed by atoms with van der Waals surface area (Å²) >= 11 is 0.